The Bertz CT molecular complexity index is 431. The minimum atomic E-state index is -1.11. The number of imide groups is 1. The summed E-state index contributed by atoms with van der Waals surface area (Å²) in [5.41, 5.74) is 0. The summed E-state index contributed by atoms with van der Waals surface area (Å²) in [6, 6.07) is 0. The van der Waals surface area contributed by atoms with Gasteiger partial charge in [0.05, 0.1) is 13.2 Å². The van der Waals surface area contributed by atoms with Crippen LogP contribution >= 0.6 is 0 Å². The van der Waals surface area contributed by atoms with Crippen LogP contribution in [0.4, 0.5) is 0 Å². The third-order valence-electron chi connectivity index (χ3n) is 2.83. The molecule has 1 fully saturated rings. The summed E-state index contributed by atoms with van der Waals surface area (Å²) in [5.74, 6) is -2.46. The van der Waals surface area contributed by atoms with Crippen molar-refractivity contribution in [1.29, 1.82) is 0 Å². The molecule has 0 aliphatic carbocycles. The van der Waals surface area contributed by atoms with Crippen LogP contribution in [0.15, 0.2) is 0 Å². The van der Waals surface area contributed by atoms with Crippen LogP contribution in [0.2, 0.25) is 0 Å². The zero-order valence-electron chi connectivity index (χ0n) is 12.4. The Morgan fingerprint density at radius 1 is 1.18 bits per heavy atom. The molecule has 124 valence electrons. The molecular weight excluding hydrogens is 298 g/mol. The second-order valence-electron chi connectivity index (χ2n) is 4.69. The number of nitrogens with zero attached hydrogens (tertiary/aromatic N) is 1. The highest BCUT2D eigenvalue weighted by Crippen LogP contribution is 2.11. The van der Waals surface area contributed by atoms with Crippen molar-refractivity contribution in [2.45, 2.75) is 38.9 Å². The molecule has 1 rings (SSSR count). The lowest BCUT2D eigenvalue weighted by Gasteiger charge is -2.14. The van der Waals surface area contributed by atoms with Gasteiger partial charge in [-0.15, -0.1) is 5.06 Å². The smallest absolute Gasteiger partial charge is 0.358 e. The predicted molar refractivity (Wildman–Crippen MR) is 70.1 cm³/mol. The van der Waals surface area contributed by atoms with Crippen LogP contribution in [0.1, 0.15) is 26.7 Å². The maximum absolute atomic E-state index is 11.4. The molecule has 22 heavy (non-hydrogen) atoms. The van der Waals surface area contributed by atoms with Crippen molar-refractivity contribution in [2.75, 3.05) is 19.8 Å². The number of Topliss-reactive ketones (excluding diaryl/α,β-unsaturated/α-hetero) is 1. The van der Waals surface area contributed by atoms with E-state index in [0.717, 1.165) is 0 Å². The summed E-state index contributed by atoms with van der Waals surface area (Å²) < 4.78 is 10.1. The van der Waals surface area contributed by atoms with Crippen LogP contribution < -0.4 is 0 Å². The van der Waals surface area contributed by atoms with Gasteiger partial charge in [0.2, 0.25) is 0 Å². The summed E-state index contributed by atoms with van der Waals surface area (Å²) in [6.07, 6.45) is -1.84. The van der Waals surface area contributed by atoms with Crippen molar-refractivity contribution in [2.24, 2.45) is 0 Å². The fourth-order valence-corrected chi connectivity index (χ4v) is 1.65. The van der Waals surface area contributed by atoms with Gasteiger partial charge in [0.15, 0.2) is 5.78 Å². The standard InChI is InChI=1S/C13H19NO8/c1-8(15)13(19)9(2)21-6-5-20-7-12(18)22-14-10(16)3-4-11(14)17/h8-9,15H,3-7H2,1-2H3. The monoisotopic (exact) mass is 317 g/mol. The molecule has 2 amide bonds. The van der Waals surface area contributed by atoms with Crippen molar-refractivity contribution >= 4 is 23.6 Å². The van der Waals surface area contributed by atoms with E-state index in [4.69, 9.17) is 14.6 Å². The highest BCUT2D eigenvalue weighted by atomic mass is 16.7. The van der Waals surface area contributed by atoms with Gasteiger partial charge in [-0.25, -0.2) is 4.79 Å². The van der Waals surface area contributed by atoms with Gasteiger partial charge in [-0.05, 0) is 13.8 Å². The SMILES string of the molecule is CC(O)C(=O)C(C)OCCOCC(=O)ON1C(=O)CCC1=O. The maximum atomic E-state index is 11.4. The molecule has 2 atom stereocenters. The number of hydroxylamine groups is 2. The Hall–Kier alpha value is -1.84. The van der Waals surface area contributed by atoms with Gasteiger partial charge in [0.25, 0.3) is 11.8 Å². The van der Waals surface area contributed by atoms with E-state index in [-0.39, 0.29) is 26.1 Å². The quantitative estimate of drug-likeness (QED) is 0.423. The summed E-state index contributed by atoms with van der Waals surface area (Å²) in [5, 5.41) is 9.50. The molecule has 1 aliphatic heterocycles. The number of carbonyl (C=O) groups excluding carboxylic acids is 4. The van der Waals surface area contributed by atoms with E-state index in [2.05, 4.69) is 4.84 Å². The number of hydrogen-bond donors (Lipinski definition) is 1. The molecule has 1 saturated heterocycles. The fourth-order valence-electron chi connectivity index (χ4n) is 1.65. The summed E-state index contributed by atoms with van der Waals surface area (Å²) in [6.45, 7) is 2.42. The van der Waals surface area contributed by atoms with E-state index in [0.29, 0.717) is 5.06 Å². The first-order chi connectivity index (χ1) is 10.3. The van der Waals surface area contributed by atoms with Crippen molar-refractivity contribution in [1.82, 2.24) is 5.06 Å². The highest BCUT2D eigenvalue weighted by Gasteiger charge is 2.32. The number of rotatable bonds is 9. The second kappa shape index (κ2) is 8.57. The van der Waals surface area contributed by atoms with Crippen molar-refractivity contribution in [3.8, 4) is 0 Å². The van der Waals surface area contributed by atoms with E-state index in [9.17, 15) is 19.2 Å². The van der Waals surface area contributed by atoms with Crippen molar-refractivity contribution < 1.29 is 38.6 Å². The number of carbonyl (C=O) groups is 4. The number of aliphatic hydroxyl groups excluding tert-OH is 1. The van der Waals surface area contributed by atoms with Gasteiger partial charge in [-0.2, -0.15) is 0 Å². The number of aliphatic hydroxyl groups is 1. The Labute approximate surface area is 127 Å². The van der Waals surface area contributed by atoms with Crippen LogP contribution in [0.5, 0.6) is 0 Å². The van der Waals surface area contributed by atoms with E-state index in [1.165, 1.54) is 13.8 Å². The summed E-state index contributed by atoms with van der Waals surface area (Å²) in [4.78, 5) is 49.7. The average molecular weight is 317 g/mol. The molecule has 0 aromatic rings. The normalized spacial score (nSPS) is 17.5. The first-order valence-corrected chi connectivity index (χ1v) is 6.80. The van der Waals surface area contributed by atoms with Gasteiger partial charge < -0.3 is 19.4 Å². The second-order valence-corrected chi connectivity index (χ2v) is 4.69. The number of ketones is 1. The number of hydrogen-bond acceptors (Lipinski definition) is 8. The first kappa shape index (κ1) is 18.2. The fraction of sp³-hybridized carbons (Fsp3) is 0.692. The molecule has 0 aromatic carbocycles. The number of amides is 2. The number of ether oxygens (including phenoxy) is 2. The van der Waals surface area contributed by atoms with Gasteiger partial charge in [0.1, 0.15) is 18.8 Å². The van der Waals surface area contributed by atoms with E-state index < -0.39 is 42.4 Å². The minimum absolute atomic E-state index is 0.00836. The zero-order chi connectivity index (χ0) is 16.7. The van der Waals surface area contributed by atoms with Crippen LogP contribution in [-0.4, -0.2) is 65.8 Å². The molecule has 9 heteroatoms. The predicted octanol–water partition coefficient (Wildman–Crippen LogP) is -1.03. The lowest BCUT2D eigenvalue weighted by Crippen LogP contribution is -2.34. The summed E-state index contributed by atoms with van der Waals surface area (Å²) >= 11 is 0. The molecule has 0 radical (unpaired) electrons. The minimum Gasteiger partial charge on any atom is -0.386 e. The molecular formula is C13H19NO8. The van der Waals surface area contributed by atoms with Gasteiger partial charge in [-0.1, -0.05) is 0 Å². The molecule has 9 nitrogen and oxygen atoms in total. The molecule has 0 bridgehead atoms. The van der Waals surface area contributed by atoms with E-state index in [1.807, 2.05) is 0 Å². The van der Waals surface area contributed by atoms with Crippen molar-refractivity contribution in [3.05, 3.63) is 0 Å². The Kier molecular flexibility index (Phi) is 7.09. The maximum Gasteiger partial charge on any atom is 0.358 e. The Morgan fingerprint density at radius 2 is 1.77 bits per heavy atom. The summed E-state index contributed by atoms with van der Waals surface area (Å²) in [7, 11) is 0. The van der Waals surface area contributed by atoms with E-state index >= 15 is 0 Å². The average Bonchev–Trinajstić information content (AvgIpc) is 2.77. The van der Waals surface area contributed by atoms with E-state index in [1.54, 1.807) is 0 Å². The lowest BCUT2D eigenvalue weighted by molar-refractivity contribution is -0.200. The molecule has 1 aliphatic rings. The topological polar surface area (TPSA) is 119 Å². The molecule has 1 heterocycles. The highest BCUT2D eigenvalue weighted by molar-refractivity contribution is 6.01. The molecule has 2 unspecified atom stereocenters. The molecule has 0 aromatic heterocycles. The van der Waals surface area contributed by atoms with Crippen LogP contribution in [0.25, 0.3) is 0 Å². The van der Waals surface area contributed by atoms with Gasteiger partial charge in [0, 0.05) is 12.8 Å². The van der Waals surface area contributed by atoms with Gasteiger partial charge >= 0.3 is 5.97 Å². The Balaban J connectivity index is 2.14. The lowest BCUT2D eigenvalue weighted by atomic mass is 10.2. The Morgan fingerprint density at radius 3 is 2.32 bits per heavy atom. The van der Waals surface area contributed by atoms with Crippen LogP contribution in [0, 0.1) is 0 Å². The van der Waals surface area contributed by atoms with Gasteiger partial charge in [-0.3, -0.25) is 14.4 Å². The molecule has 0 saturated carbocycles. The molecule has 1 N–H and O–H groups in total. The third kappa shape index (κ3) is 5.51. The third-order valence-corrected chi connectivity index (χ3v) is 2.83. The van der Waals surface area contributed by atoms with Crippen LogP contribution in [0.3, 0.4) is 0 Å². The largest absolute Gasteiger partial charge is 0.386 e. The zero-order valence-corrected chi connectivity index (χ0v) is 12.4. The first-order valence-electron chi connectivity index (χ1n) is 6.80. The molecule has 0 spiro atoms. The van der Waals surface area contributed by atoms with Crippen molar-refractivity contribution in [3.63, 3.8) is 0 Å². The van der Waals surface area contributed by atoms with Crippen LogP contribution in [-0.2, 0) is 33.5 Å².